The van der Waals surface area contributed by atoms with E-state index in [9.17, 15) is 0 Å². The Morgan fingerprint density at radius 1 is 1.25 bits per heavy atom. The molecular weight excluding hydrogens is 198 g/mol. The Morgan fingerprint density at radius 3 is 2.62 bits per heavy atom. The van der Waals surface area contributed by atoms with E-state index in [2.05, 4.69) is 26.1 Å². The fourth-order valence-electron chi connectivity index (χ4n) is 2.70. The molecule has 0 aromatic carbocycles. The summed E-state index contributed by atoms with van der Waals surface area (Å²) in [7, 11) is 0. The van der Waals surface area contributed by atoms with Crippen LogP contribution >= 0.6 is 0 Å². The molecule has 1 heterocycles. The van der Waals surface area contributed by atoms with Crippen molar-refractivity contribution in [3.05, 3.63) is 0 Å². The van der Waals surface area contributed by atoms with Crippen molar-refractivity contribution in [2.24, 2.45) is 0 Å². The first kappa shape index (κ1) is 14.0. The summed E-state index contributed by atoms with van der Waals surface area (Å²) in [5.41, 5.74) is 0.0853. The van der Waals surface area contributed by atoms with Gasteiger partial charge in [-0.3, -0.25) is 0 Å². The predicted octanol–water partition coefficient (Wildman–Crippen LogP) is 3.50. The zero-order valence-corrected chi connectivity index (χ0v) is 11.3. The van der Waals surface area contributed by atoms with Gasteiger partial charge in [0.1, 0.15) is 0 Å². The quantitative estimate of drug-likeness (QED) is 0.672. The molecule has 0 aromatic rings. The summed E-state index contributed by atoms with van der Waals surface area (Å²) in [6, 6.07) is 0.546. The molecule has 1 N–H and O–H groups in total. The fraction of sp³-hybridized carbons (Fsp3) is 1.00. The topological polar surface area (TPSA) is 21.3 Å². The van der Waals surface area contributed by atoms with Gasteiger partial charge in [-0.15, -0.1) is 0 Å². The van der Waals surface area contributed by atoms with Gasteiger partial charge in [0.05, 0.1) is 5.60 Å². The Morgan fingerprint density at radius 2 is 2.06 bits per heavy atom. The van der Waals surface area contributed by atoms with E-state index < -0.39 is 0 Å². The Kier molecular flexibility index (Phi) is 6.37. The highest BCUT2D eigenvalue weighted by Gasteiger charge is 2.35. The van der Waals surface area contributed by atoms with Crippen LogP contribution in [0.4, 0.5) is 0 Å². The fourth-order valence-corrected chi connectivity index (χ4v) is 2.70. The van der Waals surface area contributed by atoms with Crippen molar-refractivity contribution in [3.63, 3.8) is 0 Å². The molecular formula is C14H29NO. The molecule has 0 bridgehead atoms. The summed E-state index contributed by atoms with van der Waals surface area (Å²) in [4.78, 5) is 0. The van der Waals surface area contributed by atoms with Crippen molar-refractivity contribution in [3.8, 4) is 0 Å². The Labute approximate surface area is 101 Å². The molecule has 0 aromatic heterocycles. The Hall–Kier alpha value is -0.0800. The van der Waals surface area contributed by atoms with E-state index in [1.165, 1.54) is 44.9 Å². The summed E-state index contributed by atoms with van der Waals surface area (Å²) in [5, 5.41) is 3.63. The van der Waals surface area contributed by atoms with Crippen molar-refractivity contribution in [2.45, 2.75) is 77.4 Å². The summed E-state index contributed by atoms with van der Waals surface area (Å²) >= 11 is 0. The SMILES string of the molecule is CCCCCC(NCC)C1(C)CCCCO1. The maximum absolute atomic E-state index is 6.05. The molecule has 2 nitrogen and oxygen atoms in total. The van der Waals surface area contributed by atoms with Gasteiger partial charge >= 0.3 is 0 Å². The predicted molar refractivity (Wildman–Crippen MR) is 69.8 cm³/mol. The van der Waals surface area contributed by atoms with Gasteiger partial charge in [0, 0.05) is 12.6 Å². The summed E-state index contributed by atoms with van der Waals surface area (Å²) in [5.74, 6) is 0. The molecule has 2 atom stereocenters. The van der Waals surface area contributed by atoms with Gasteiger partial charge < -0.3 is 10.1 Å². The van der Waals surface area contributed by atoms with Gasteiger partial charge in [-0.25, -0.2) is 0 Å². The second-order valence-electron chi connectivity index (χ2n) is 5.22. The van der Waals surface area contributed by atoms with Crippen LogP contribution in [-0.2, 0) is 4.74 Å². The molecule has 1 aliphatic heterocycles. The lowest BCUT2D eigenvalue weighted by molar-refractivity contribution is -0.0901. The molecule has 0 spiro atoms. The molecule has 1 rings (SSSR count). The molecule has 1 fully saturated rings. The van der Waals surface area contributed by atoms with Crippen LogP contribution in [0.15, 0.2) is 0 Å². The summed E-state index contributed by atoms with van der Waals surface area (Å²) in [6.07, 6.45) is 9.02. The van der Waals surface area contributed by atoms with E-state index in [1.54, 1.807) is 0 Å². The van der Waals surface area contributed by atoms with Crippen molar-refractivity contribution >= 4 is 0 Å². The van der Waals surface area contributed by atoms with Crippen LogP contribution < -0.4 is 5.32 Å². The number of rotatable bonds is 7. The van der Waals surface area contributed by atoms with Crippen molar-refractivity contribution in [1.82, 2.24) is 5.32 Å². The first-order valence-corrected chi connectivity index (χ1v) is 7.10. The highest BCUT2D eigenvalue weighted by molar-refractivity contribution is 4.91. The number of nitrogens with one attached hydrogen (secondary N) is 1. The zero-order chi connectivity index (χ0) is 11.9. The minimum Gasteiger partial charge on any atom is -0.374 e. The molecule has 16 heavy (non-hydrogen) atoms. The van der Waals surface area contributed by atoms with Crippen molar-refractivity contribution in [1.29, 1.82) is 0 Å². The smallest absolute Gasteiger partial charge is 0.0806 e. The lowest BCUT2D eigenvalue weighted by Crippen LogP contribution is -2.52. The maximum atomic E-state index is 6.05. The van der Waals surface area contributed by atoms with E-state index in [1.807, 2.05) is 0 Å². The number of unbranched alkanes of at least 4 members (excludes halogenated alkanes) is 2. The van der Waals surface area contributed by atoms with Crippen LogP contribution in [-0.4, -0.2) is 24.8 Å². The monoisotopic (exact) mass is 227 g/mol. The van der Waals surface area contributed by atoms with Crippen LogP contribution in [0.3, 0.4) is 0 Å². The van der Waals surface area contributed by atoms with Crippen LogP contribution in [0.2, 0.25) is 0 Å². The Balaban J connectivity index is 2.45. The lowest BCUT2D eigenvalue weighted by Gasteiger charge is -2.41. The first-order chi connectivity index (χ1) is 7.73. The molecule has 0 aliphatic carbocycles. The number of hydrogen-bond donors (Lipinski definition) is 1. The van der Waals surface area contributed by atoms with Gasteiger partial charge in [0.2, 0.25) is 0 Å². The lowest BCUT2D eigenvalue weighted by atomic mass is 9.85. The second kappa shape index (κ2) is 7.29. The normalized spacial score (nSPS) is 27.9. The molecule has 2 heteroatoms. The second-order valence-corrected chi connectivity index (χ2v) is 5.22. The van der Waals surface area contributed by atoms with Gasteiger partial charge in [0.25, 0.3) is 0 Å². The van der Waals surface area contributed by atoms with Crippen LogP contribution in [0.5, 0.6) is 0 Å². The average molecular weight is 227 g/mol. The molecule has 0 amide bonds. The number of hydrogen-bond acceptors (Lipinski definition) is 2. The average Bonchev–Trinajstić information content (AvgIpc) is 2.29. The third-order valence-electron chi connectivity index (χ3n) is 3.78. The number of likely N-dealkylation sites (N-methyl/N-ethyl adjacent to an activating group) is 1. The van der Waals surface area contributed by atoms with Gasteiger partial charge in [-0.2, -0.15) is 0 Å². The van der Waals surface area contributed by atoms with Crippen molar-refractivity contribution in [2.75, 3.05) is 13.2 Å². The number of ether oxygens (including phenoxy) is 1. The molecule has 96 valence electrons. The zero-order valence-electron chi connectivity index (χ0n) is 11.3. The molecule has 1 saturated heterocycles. The highest BCUT2D eigenvalue weighted by Crippen LogP contribution is 2.30. The minimum atomic E-state index is 0.0853. The standard InChI is InChI=1S/C14H29NO/c1-4-6-7-10-13(15-5-2)14(3)11-8-9-12-16-14/h13,15H,4-12H2,1-3H3. The third kappa shape index (κ3) is 4.06. The summed E-state index contributed by atoms with van der Waals surface area (Å²) < 4.78 is 6.05. The van der Waals surface area contributed by atoms with Gasteiger partial charge in [0.15, 0.2) is 0 Å². The minimum absolute atomic E-state index is 0.0853. The van der Waals surface area contributed by atoms with E-state index in [0.29, 0.717) is 6.04 Å². The van der Waals surface area contributed by atoms with Crippen molar-refractivity contribution < 1.29 is 4.74 Å². The van der Waals surface area contributed by atoms with E-state index in [0.717, 1.165) is 13.2 Å². The van der Waals surface area contributed by atoms with Crippen LogP contribution in [0, 0.1) is 0 Å². The first-order valence-electron chi connectivity index (χ1n) is 7.10. The van der Waals surface area contributed by atoms with Gasteiger partial charge in [-0.05, 0) is 39.2 Å². The molecule has 2 unspecified atom stereocenters. The Bertz CT molecular complexity index is 176. The van der Waals surface area contributed by atoms with Crippen LogP contribution in [0.25, 0.3) is 0 Å². The molecule has 1 aliphatic rings. The third-order valence-corrected chi connectivity index (χ3v) is 3.78. The highest BCUT2D eigenvalue weighted by atomic mass is 16.5. The molecule has 0 radical (unpaired) electrons. The van der Waals surface area contributed by atoms with E-state index in [-0.39, 0.29) is 5.60 Å². The molecule has 0 saturated carbocycles. The van der Waals surface area contributed by atoms with Gasteiger partial charge in [-0.1, -0.05) is 33.1 Å². The maximum Gasteiger partial charge on any atom is 0.0806 e. The summed E-state index contributed by atoms with van der Waals surface area (Å²) in [6.45, 7) is 8.76. The largest absolute Gasteiger partial charge is 0.374 e. The van der Waals surface area contributed by atoms with Crippen LogP contribution in [0.1, 0.15) is 65.7 Å². The van der Waals surface area contributed by atoms with E-state index >= 15 is 0 Å². The van der Waals surface area contributed by atoms with E-state index in [4.69, 9.17) is 4.74 Å².